The lowest BCUT2D eigenvalue weighted by Gasteiger charge is -2.12. The Morgan fingerprint density at radius 2 is 1.69 bits per heavy atom. The van der Waals surface area contributed by atoms with Gasteiger partial charge in [0.2, 0.25) is 0 Å². The quantitative estimate of drug-likeness (QED) is 0.179. The van der Waals surface area contributed by atoms with Crippen LogP contribution in [0.4, 0.5) is 14.5 Å². The second kappa shape index (κ2) is 13.0. The van der Waals surface area contributed by atoms with E-state index in [0.29, 0.717) is 36.3 Å². The van der Waals surface area contributed by atoms with Crippen molar-refractivity contribution in [3.05, 3.63) is 125 Å². The monoisotopic (exact) mass is 591 g/mol. The SMILES string of the molecule is O=S(=O)(Nc1ccc(CCNC[C@H](O)c2cccnc2)cc1)c1ccc(-c2nc(Cc3ccc(F)c(F)c3)no2)cc1. The number of nitrogens with one attached hydrogen (secondary N) is 2. The standard InChI is InChI=1S/C30H27F2N5O4S/c31-26-12-5-21(16-27(26)32)17-29-35-30(41-36-29)22-6-10-25(11-7-22)42(39,40)37-24-8-3-20(4-9-24)13-15-34-19-28(38)23-2-1-14-33-18-23/h1-12,14,16,18,28,34,37-38H,13,15,17,19H2/t28-/m0/s1. The van der Waals surface area contributed by atoms with E-state index in [2.05, 4.69) is 25.2 Å². The first-order chi connectivity index (χ1) is 20.3. The van der Waals surface area contributed by atoms with E-state index in [1.54, 1.807) is 42.7 Å². The molecule has 12 heteroatoms. The summed E-state index contributed by atoms with van der Waals surface area (Å²) in [5, 5.41) is 17.3. The zero-order chi connectivity index (χ0) is 29.5. The van der Waals surface area contributed by atoms with Gasteiger partial charge in [-0.05, 0) is 78.7 Å². The largest absolute Gasteiger partial charge is 0.387 e. The van der Waals surface area contributed by atoms with Gasteiger partial charge in [0.05, 0.1) is 11.0 Å². The summed E-state index contributed by atoms with van der Waals surface area (Å²) in [5.74, 6) is -1.45. The van der Waals surface area contributed by atoms with E-state index in [0.717, 1.165) is 23.3 Å². The fourth-order valence-corrected chi connectivity index (χ4v) is 5.23. The summed E-state index contributed by atoms with van der Waals surface area (Å²) in [4.78, 5) is 8.32. The minimum absolute atomic E-state index is 0.0493. The van der Waals surface area contributed by atoms with E-state index in [1.807, 2.05) is 18.2 Å². The highest BCUT2D eigenvalue weighted by atomic mass is 32.2. The number of aliphatic hydroxyl groups excluding tert-OH is 1. The molecule has 0 radical (unpaired) electrons. The molecule has 0 saturated heterocycles. The van der Waals surface area contributed by atoms with Crippen molar-refractivity contribution in [2.24, 2.45) is 0 Å². The van der Waals surface area contributed by atoms with Gasteiger partial charge in [0, 0.05) is 42.2 Å². The number of halogens is 2. The minimum Gasteiger partial charge on any atom is -0.387 e. The van der Waals surface area contributed by atoms with Crippen LogP contribution < -0.4 is 10.0 Å². The summed E-state index contributed by atoms with van der Waals surface area (Å²) in [7, 11) is -3.85. The van der Waals surface area contributed by atoms with Crippen LogP contribution in [0.5, 0.6) is 0 Å². The van der Waals surface area contributed by atoms with Crippen molar-refractivity contribution in [3.8, 4) is 11.5 Å². The highest BCUT2D eigenvalue weighted by Crippen LogP contribution is 2.23. The van der Waals surface area contributed by atoms with Crippen LogP contribution in [0.2, 0.25) is 0 Å². The second-order valence-corrected chi connectivity index (χ2v) is 11.2. The number of sulfonamides is 1. The fraction of sp³-hybridized carbons (Fsp3) is 0.167. The third-order valence-corrected chi connectivity index (χ3v) is 7.83. The van der Waals surface area contributed by atoms with Crippen molar-refractivity contribution in [1.82, 2.24) is 20.4 Å². The number of benzene rings is 3. The van der Waals surface area contributed by atoms with Crippen LogP contribution in [0.1, 0.15) is 28.6 Å². The molecule has 216 valence electrons. The average Bonchev–Trinajstić information content (AvgIpc) is 3.47. The smallest absolute Gasteiger partial charge is 0.261 e. The van der Waals surface area contributed by atoms with E-state index in [1.165, 1.54) is 18.2 Å². The molecule has 1 atom stereocenters. The molecule has 2 heterocycles. The van der Waals surface area contributed by atoms with Gasteiger partial charge < -0.3 is 14.9 Å². The first kappa shape index (κ1) is 29.0. The van der Waals surface area contributed by atoms with E-state index in [-0.39, 0.29) is 23.0 Å². The highest BCUT2D eigenvalue weighted by molar-refractivity contribution is 7.92. The van der Waals surface area contributed by atoms with Gasteiger partial charge >= 0.3 is 0 Å². The molecule has 0 fully saturated rings. The van der Waals surface area contributed by atoms with E-state index in [9.17, 15) is 22.3 Å². The lowest BCUT2D eigenvalue weighted by atomic mass is 10.1. The third kappa shape index (κ3) is 7.40. The molecular weight excluding hydrogens is 564 g/mol. The van der Waals surface area contributed by atoms with Gasteiger partial charge in [0.25, 0.3) is 15.9 Å². The maximum Gasteiger partial charge on any atom is 0.261 e. The van der Waals surface area contributed by atoms with Gasteiger partial charge in [-0.15, -0.1) is 0 Å². The Hall–Kier alpha value is -4.52. The minimum atomic E-state index is -3.85. The lowest BCUT2D eigenvalue weighted by molar-refractivity contribution is 0.174. The van der Waals surface area contributed by atoms with Crippen LogP contribution in [0, 0.1) is 11.6 Å². The zero-order valence-corrected chi connectivity index (χ0v) is 23.1. The molecule has 0 aliphatic carbocycles. The molecule has 5 aromatic rings. The van der Waals surface area contributed by atoms with Gasteiger partial charge in [0.1, 0.15) is 0 Å². The van der Waals surface area contributed by atoms with Gasteiger partial charge in [-0.3, -0.25) is 9.71 Å². The molecule has 0 amide bonds. The number of pyridine rings is 1. The summed E-state index contributed by atoms with van der Waals surface area (Å²) in [6, 6.07) is 20.2. The molecule has 3 N–H and O–H groups in total. The summed E-state index contributed by atoms with van der Waals surface area (Å²) >= 11 is 0. The topological polar surface area (TPSA) is 130 Å². The number of aromatic nitrogens is 3. The summed E-state index contributed by atoms with van der Waals surface area (Å²) in [5.41, 5.74) is 3.16. The molecule has 0 spiro atoms. The molecule has 0 aliphatic heterocycles. The van der Waals surface area contributed by atoms with Crippen LogP contribution in [-0.4, -0.2) is 41.7 Å². The molecule has 2 aromatic heterocycles. The first-order valence-corrected chi connectivity index (χ1v) is 14.5. The van der Waals surface area contributed by atoms with Crippen molar-refractivity contribution in [1.29, 1.82) is 0 Å². The Labute approximate surface area is 241 Å². The maximum atomic E-state index is 13.5. The Bertz CT molecular complexity index is 1730. The summed E-state index contributed by atoms with van der Waals surface area (Å²) in [6.45, 7) is 1.04. The van der Waals surface area contributed by atoms with Gasteiger partial charge in [0.15, 0.2) is 17.5 Å². The Balaban J connectivity index is 1.13. The molecule has 0 bridgehead atoms. The Kier molecular flexibility index (Phi) is 8.96. The number of hydrogen-bond acceptors (Lipinski definition) is 8. The lowest BCUT2D eigenvalue weighted by Crippen LogP contribution is -2.23. The number of aliphatic hydroxyl groups is 1. The second-order valence-electron chi connectivity index (χ2n) is 9.52. The van der Waals surface area contributed by atoms with E-state index in [4.69, 9.17) is 4.52 Å². The molecule has 42 heavy (non-hydrogen) atoms. The van der Waals surface area contributed by atoms with Crippen molar-refractivity contribution >= 4 is 15.7 Å². The normalized spacial score (nSPS) is 12.3. The summed E-state index contributed by atoms with van der Waals surface area (Å²) in [6.07, 6.45) is 3.48. The molecule has 0 unspecified atom stereocenters. The molecule has 3 aromatic carbocycles. The molecular formula is C30H27F2N5O4S. The Morgan fingerprint density at radius 3 is 2.40 bits per heavy atom. The predicted molar refractivity (Wildman–Crippen MR) is 152 cm³/mol. The summed E-state index contributed by atoms with van der Waals surface area (Å²) < 4.78 is 60.3. The van der Waals surface area contributed by atoms with Crippen LogP contribution in [0.3, 0.4) is 0 Å². The number of hydrogen-bond donors (Lipinski definition) is 3. The average molecular weight is 592 g/mol. The van der Waals surface area contributed by atoms with Crippen LogP contribution in [0.25, 0.3) is 11.5 Å². The highest BCUT2D eigenvalue weighted by Gasteiger charge is 2.16. The van der Waals surface area contributed by atoms with Crippen molar-refractivity contribution in [2.75, 3.05) is 17.8 Å². The van der Waals surface area contributed by atoms with Gasteiger partial charge in [-0.2, -0.15) is 4.98 Å². The van der Waals surface area contributed by atoms with Crippen LogP contribution in [0.15, 0.2) is 101 Å². The van der Waals surface area contributed by atoms with Crippen molar-refractivity contribution in [3.63, 3.8) is 0 Å². The first-order valence-electron chi connectivity index (χ1n) is 13.0. The van der Waals surface area contributed by atoms with E-state index >= 15 is 0 Å². The molecule has 5 rings (SSSR count). The van der Waals surface area contributed by atoms with Crippen molar-refractivity contribution < 1.29 is 26.8 Å². The fourth-order valence-electron chi connectivity index (χ4n) is 4.17. The third-order valence-electron chi connectivity index (χ3n) is 6.43. The molecule has 0 saturated carbocycles. The predicted octanol–water partition coefficient (Wildman–Crippen LogP) is 4.67. The van der Waals surface area contributed by atoms with Crippen LogP contribution >= 0.6 is 0 Å². The van der Waals surface area contributed by atoms with Gasteiger partial charge in [-0.25, -0.2) is 17.2 Å². The molecule has 0 aliphatic rings. The Morgan fingerprint density at radius 1 is 0.929 bits per heavy atom. The number of anilines is 1. The molecule has 9 nitrogen and oxygen atoms in total. The number of rotatable bonds is 12. The van der Waals surface area contributed by atoms with Crippen LogP contribution in [-0.2, 0) is 22.9 Å². The number of nitrogens with zero attached hydrogens (tertiary/aromatic N) is 3. The van der Waals surface area contributed by atoms with Crippen molar-refractivity contribution in [2.45, 2.75) is 23.8 Å². The zero-order valence-electron chi connectivity index (χ0n) is 22.2. The maximum absolute atomic E-state index is 13.5. The van der Waals surface area contributed by atoms with Gasteiger partial charge in [-0.1, -0.05) is 29.4 Å². The van der Waals surface area contributed by atoms with E-state index < -0.39 is 27.8 Å².